The van der Waals surface area contributed by atoms with Crippen LogP contribution in [0.4, 0.5) is 48.3 Å². The molecule has 2 aromatic rings. The third kappa shape index (κ3) is 6.74. The van der Waals surface area contributed by atoms with Gasteiger partial charge in [0.2, 0.25) is 11.8 Å². The molecule has 3 heterocycles. The zero-order valence-electron chi connectivity index (χ0n) is 26.1. The van der Waals surface area contributed by atoms with Crippen LogP contribution >= 0.6 is 0 Å². The summed E-state index contributed by atoms with van der Waals surface area (Å²) in [7, 11) is -4.77. The Kier molecular flexibility index (Phi) is 10.7. The first kappa shape index (κ1) is 40.2. The van der Waals surface area contributed by atoms with Crippen LogP contribution in [0.1, 0.15) is 48.9 Å². The van der Waals surface area contributed by atoms with Gasteiger partial charge in [-0.15, -0.1) is 0 Å². The van der Waals surface area contributed by atoms with Crippen LogP contribution in [-0.4, -0.2) is 89.8 Å². The molecule has 1 aliphatic carbocycles. The topological polar surface area (TPSA) is 149 Å². The molecule has 52 heavy (non-hydrogen) atoms. The van der Waals surface area contributed by atoms with Gasteiger partial charge >= 0.3 is 30.2 Å². The molecule has 10 nitrogen and oxygen atoms in total. The van der Waals surface area contributed by atoms with Crippen LogP contribution in [-0.2, 0) is 41.1 Å². The Morgan fingerprint density at radius 1 is 1.00 bits per heavy atom. The number of rotatable bonds is 6. The standard InChI is InChI=1S/C28H24F8N4O4S.C2HF3O2/c29-17-3-1-4-18(14-17)45(43,44)25-9-12-40(24(42)20-6-8-23(41)39(20)11-2-10-37)22(25)7-5-16-13-21(38-15-19(16)25)26(30,27(31,32)33)28(34,35)36;3-2(4,5)1(6)7/h1,3-4,13-15,20,22H,2,5-9,11-12H2;(H,6,7)/t20-,22?,25?;/m0./s1. The number of sulfone groups is 1. The summed E-state index contributed by atoms with van der Waals surface area (Å²) in [6, 6.07) is 3.65. The second-order valence-electron chi connectivity index (χ2n) is 11.9. The minimum absolute atomic E-state index is 0.00794. The van der Waals surface area contributed by atoms with Crippen molar-refractivity contribution in [2.45, 2.75) is 84.4 Å². The number of amides is 2. The number of alkyl halides is 10. The summed E-state index contributed by atoms with van der Waals surface area (Å²) < 4.78 is 169. The van der Waals surface area contributed by atoms with Gasteiger partial charge in [0.05, 0.1) is 29.1 Å². The first-order valence-corrected chi connectivity index (χ1v) is 16.4. The maximum Gasteiger partial charge on any atom is 0.490 e. The smallest absolute Gasteiger partial charge is 0.475 e. The lowest BCUT2D eigenvalue weighted by Crippen LogP contribution is -2.55. The highest BCUT2D eigenvalue weighted by molar-refractivity contribution is 7.92. The van der Waals surface area contributed by atoms with Crippen molar-refractivity contribution in [3.05, 3.63) is 59.2 Å². The van der Waals surface area contributed by atoms with E-state index in [9.17, 15) is 66.3 Å². The third-order valence-corrected chi connectivity index (χ3v) is 11.6. The van der Waals surface area contributed by atoms with E-state index in [1.54, 1.807) is 0 Å². The monoisotopic (exact) mass is 778 g/mol. The molecule has 2 aliphatic heterocycles. The molecule has 0 spiro atoms. The van der Waals surface area contributed by atoms with Crippen molar-refractivity contribution >= 4 is 27.6 Å². The Bertz CT molecular complexity index is 1880. The molecule has 1 aromatic carbocycles. The summed E-state index contributed by atoms with van der Waals surface area (Å²) in [6.45, 7) is -0.315. The summed E-state index contributed by atoms with van der Waals surface area (Å²) in [6.07, 6.45) is -18.6. The minimum Gasteiger partial charge on any atom is -0.475 e. The molecule has 284 valence electrons. The van der Waals surface area contributed by atoms with Gasteiger partial charge in [-0.3, -0.25) is 14.6 Å². The lowest BCUT2D eigenvalue weighted by molar-refractivity contribution is -0.350. The Morgan fingerprint density at radius 3 is 2.15 bits per heavy atom. The summed E-state index contributed by atoms with van der Waals surface area (Å²) in [5.41, 5.74) is -8.58. The summed E-state index contributed by atoms with van der Waals surface area (Å²) >= 11 is 0. The van der Waals surface area contributed by atoms with E-state index < -0.39 is 91.5 Å². The number of fused-ring (bicyclic) bond motifs is 3. The molecule has 2 amide bonds. The first-order chi connectivity index (χ1) is 23.9. The fourth-order valence-electron chi connectivity index (χ4n) is 6.78. The molecule has 2 fully saturated rings. The molecule has 3 atom stereocenters. The molecule has 0 saturated carbocycles. The van der Waals surface area contributed by atoms with Gasteiger partial charge in [0, 0.05) is 25.7 Å². The van der Waals surface area contributed by atoms with Gasteiger partial charge in [0.1, 0.15) is 16.6 Å². The third-order valence-electron chi connectivity index (χ3n) is 9.09. The van der Waals surface area contributed by atoms with Gasteiger partial charge in [-0.05, 0) is 61.1 Å². The summed E-state index contributed by atoms with van der Waals surface area (Å²) in [5, 5.41) is 16.1. The quantitative estimate of drug-likeness (QED) is 0.391. The van der Waals surface area contributed by atoms with E-state index in [0.717, 1.165) is 18.2 Å². The zero-order chi connectivity index (χ0) is 39.2. The molecular weight excluding hydrogens is 753 g/mol. The highest BCUT2D eigenvalue weighted by atomic mass is 32.2. The molecule has 2 unspecified atom stereocenters. The van der Waals surface area contributed by atoms with Crippen molar-refractivity contribution in [1.82, 2.24) is 14.8 Å². The Labute approximate surface area is 286 Å². The molecule has 3 aliphatic rings. The van der Waals surface area contributed by atoms with Crippen LogP contribution < -0.4 is 0 Å². The van der Waals surface area contributed by atoms with Crippen molar-refractivity contribution < 1.29 is 76.2 Å². The highest BCUT2D eigenvalue weighted by Gasteiger charge is 2.75. The number of aromatic nitrogens is 1. The van der Waals surface area contributed by atoms with Gasteiger partial charge < -0.3 is 14.9 Å². The van der Waals surface area contributed by atoms with Crippen molar-refractivity contribution in [1.29, 1.82) is 5.26 Å². The van der Waals surface area contributed by atoms with Gasteiger partial charge in [0.15, 0.2) is 9.84 Å². The van der Waals surface area contributed by atoms with Crippen LogP contribution in [0, 0.1) is 17.1 Å². The van der Waals surface area contributed by atoms with Gasteiger partial charge in [-0.1, -0.05) is 6.07 Å². The number of likely N-dealkylation sites (tertiary alicyclic amines) is 2. The van der Waals surface area contributed by atoms with E-state index in [1.807, 2.05) is 6.07 Å². The fourth-order valence-corrected chi connectivity index (χ4v) is 9.16. The van der Waals surface area contributed by atoms with Crippen molar-refractivity contribution in [3.63, 3.8) is 0 Å². The Hall–Kier alpha value is -4.55. The Balaban J connectivity index is 0.000000785. The average Bonchev–Trinajstić information content (AvgIpc) is 3.63. The number of hydrogen-bond donors (Lipinski definition) is 1. The Morgan fingerprint density at radius 2 is 1.62 bits per heavy atom. The number of aryl methyl sites for hydroxylation is 1. The van der Waals surface area contributed by atoms with Crippen LogP contribution in [0.25, 0.3) is 0 Å². The number of carboxylic acid groups (broad SMARTS) is 1. The number of carboxylic acids is 1. The van der Waals surface area contributed by atoms with E-state index in [1.165, 1.54) is 9.80 Å². The number of halogens is 11. The molecule has 2 saturated heterocycles. The fraction of sp³-hybridized carbons (Fsp3) is 0.500. The van der Waals surface area contributed by atoms with Crippen LogP contribution in [0.5, 0.6) is 0 Å². The predicted octanol–water partition coefficient (Wildman–Crippen LogP) is 5.26. The first-order valence-electron chi connectivity index (χ1n) is 15.0. The normalized spacial score (nSPS) is 22.2. The minimum atomic E-state index is -6.46. The second kappa shape index (κ2) is 13.8. The number of nitrogens with zero attached hydrogens (tertiary/aromatic N) is 4. The molecule has 1 aromatic heterocycles. The lowest BCUT2D eigenvalue weighted by Gasteiger charge is -2.43. The maximum absolute atomic E-state index is 14.9. The van der Waals surface area contributed by atoms with Crippen LogP contribution in [0.15, 0.2) is 41.4 Å². The SMILES string of the molecule is N#CCCN1C(=O)CC[C@H]1C(=O)N1CCC2(S(=O)(=O)c3cccc(F)c3)c3cnc(C(F)(C(F)(F)F)C(F)(F)F)cc3CCC12.O=C(O)C(F)(F)F. The number of carbonyl (C=O) groups is 3. The number of hydrogen-bond acceptors (Lipinski definition) is 7. The number of pyridine rings is 1. The summed E-state index contributed by atoms with van der Waals surface area (Å²) in [5.74, 6) is -4.75. The van der Waals surface area contributed by atoms with E-state index in [2.05, 4.69) is 4.98 Å². The molecule has 5 rings (SSSR count). The molecule has 0 radical (unpaired) electrons. The van der Waals surface area contributed by atoms with E-state index in [4.69, 9.17) is 15.2 Å². The molecule has 1 N–H and O–H groups in total. The van der Waals surface area contributed by atoms with Crippen LogP contribution in [0.3, 0.4) is 0 Å². The largest absolute Gasteiger partial charge is 0.490 e. The van der Waals surface area contributed by atoms with Gasteiger partial charge in [-0.25, -0.2) is 22.0 Å². The molecular formula is C30H25F11N4O6S. The van der Waals surface area contributed by atoms with Gasteiger partial charge in [0.25, 0.3) is 0 Å². The van der Waals surface area contributed by atoms with Gasteiger partial charge in [-0.2, -0.15) is 44.8 Å². The second-order valence-corrected chi connectivity index (χ2v) is 14.1. The molecule has 22 heteroatoms. The van der Waals surface area contributed by atoms with Crippen molar-refractivity contribution in [2.75, 3.05) is 13.1 Å². The number of carbonyl (C=O) groups excluding carboxylic acids is 2. The van der Waals surface area contributed by atoms with E-state index in [0.29, 0.717) is 12.3 Å². The van der Waals surface area contributed by atoms with E-state index >= 15 is 0 Å². The number of aliphatic carboxylic acids is 1. The lowest BCUT2D eigenvalue weighted by atomic mass is 9.78. The predicted molar refractivity (Wildman–Crippen MR) is 151 cm³/mol. The van der Waals surface area contributed by atoms with Crippen molar-refractivity contribution in [3.8, 4) is 6.07 Å². The number of nitriles is 1. The van der Waals surface area contributed by atoms with Crippen molar-refractivity contribution in [2.24, 2.45) is 0 Å². The number of benzene rings is 1. The zero-order valence-corrected chi connectivity index (χ0v) is 26.9. The highest BCUT2D eigenvalue weighted by Crippen LogP contribution is 2.56. The van der Waals surface area contributed by atoms with E-state index in [-0.39, 0.29) is 62.4 Å². The molecule has 0 bridgehead atoms. The summed E-state index contributed by atoms with van der Waals surface area (Å²) in [4.78, 5) is 40.3. The average molecular weight is 779 g/mol. The van der Waals surface area contributed by atoms with Crippen LogP contribution in [0.2, 0.25) is 0 Å². The maximum atomic E-state index is 14.9.